The van der Waals surface area contributed by atoms with Crippen molar-refractivity contribution in [2.75, 3.05) is 0 Å². The third-order valence-electron chi connectivity index (χ3n) is 2.80. The minimum Gasteiger partial charge on any atom is -0.375 e. The zero-order chi connectivity index (χ0) is 14.5. The molecule has 2 rings (SSSR count). The first-order valence-electron chi connectivity index (χ1n) is 6.01. The highest BCUT2D eigenvalue weighted by atomic mass is 32.1. The van der Waals surface area contributed by atoms with Crippen LogP contribution in [0.2, 0.25) is 0 Å². The van der Waals surface area contributed by atoms with E-state index < -0.39 is 0 Å². The molecule has 2 aromatic carbocycles. The van der Waals surface area contributed by atoms with Gasteiger partial charge in [0.1, 0.15) is 5.82 Å². The van der Waals surface area contributed by atoms with E-state index in [1.54, 1.807) is 12.3 Å². The molecule has 3 N–H and O–H groups in total. The summed E-state index contributed by atoms with van der Waals surface area (Å²) in [5, 5.41) is 4.01. The lowest BCUT2D eigenvalue weighted by molar-refractivity contribution is 0.627. The van der Waals surface area contributed by atoms with Crippen LogP contribution >= 0.6 is 12.2 Å². The summed E-state index contributed by atoms with van der Waals surface area (Å²) in [7, 11) is 0. The fraction of sp³-hybridized carbons (Fsp3) is 0.0667. The summed E-state index contributed by atoms with van der Waals surface area (Å²) < 4.78 is 13.1. The van der Waals surface area contributed by atoms with Crippen LogP contribution in [0.3, 0.4) is 0 Å². The molecule has 0 fully saturated rings. The maximum absolute atomic E-state index is 13.1. The Hall–Kier alpha value is -2.27. The molecule has 5 heteroatoms. The van der Waals surface area contributed by atoms with Crippen molar-refractivity contribution in [1.29, 1.82) is 0 Å². The molecule has 0 saturated heterocycles. The van der Waals surface area contributed by atoms with E-state index in [0.717, 1.165) is 22.3 Å². The van der Waals surface area contributed by atoms with Crippen molar-refractivity contribution in [2.24, 2.45) is 10.8 Å². The van der Waals surface area contributed by atoms with Gasteiger partial charge in [-0.2, -0.15) is 5.10 Å². The van der Waals surface area contributed by atoms with E-state index >= 15 is 0 Å². The van der Waals surface area contributed by atoms with Gasteiger partial charge in [-0.3, -0.25) is 5.43 Å². The molecular weight excluding hydrogens is 273 g/mol. The number of nitrogens with zero attached hydrogens (tertiary/aromatic N) is 1. The SMILES string of the molecule is Cc1cc(F)ccc1-c1ccc(C=NNC(N)=S)cc1. The molecule has 3 nitrogen and oxygen atoms in total. The summed E-state index contributed by atoms with van der Waals surface area (Å²) in [4.78, 5) is 0. The fourth-order valence-corrected chi connectivity index (χ4v) is 1.92. The van der Waals surface area contributed by atoms with Gasteiger partial charge in [0.2, 0.25) is 0 Å². The lowest BCUT2D eigenvalue weighted by Gasteiger charge is -2.06. The summed E-state index contributed by atoms with van der Waals surface area (Å²) in [5.74, 6) is -0.223. The molecule has 0 aliphatic carbocycles. The average Bonchev–Trinajstić information content (AvgIpc) is 2.39. The molecule has 0 spiro atoms. The summed E-state index contributed by atoms with van der Waals surface area (Å²) in [5.41, 5.74) is 11.6. The Morgan fingerprint density at radius 1 is 1.25 bits per heavy atom. The van der Waals surface area contributed by atoms with Gasteiger partial charge in [0.05, 0.1) is 6.21 Å². The van der Waals surface area contributed by atoms with Crippen molar-refractivity contribution in [1.82, 2.24) is 5.43 Å². The van der Waals surface area contributed by atoms with Crippen molar-refractivity contribution in [2.45, 2.75) is 6.92 Å². The monoisotopic (exact) mass is 287 g/mol. The Morgan fingerprint density at radius 2 is 1.95 bits per heavy atom. The lowest BCUT2D eigenvalue weighted by Crippen LogP contribution is -2.23. The van der Waals surface area contributed by atoms with Crippen LogP contribution in [0.1, 0.15) is 11.1 Å². The van der Waals surface area contributed by atoms with Gasteiger partial charge in [-0.15, -0.1) is 0 Å². The molecule has 0 atom stereocenters. The fourth-order valence-electron chi connectivity index (χ4n) is 1.87. The quantitative estimate of drug-likeness (QED) is 0.518. The topological polar surface area (TPSA) is 50.4 Å². The highest BCUT2D eigenvalue weighted by molar-refractivity contribution is 7.80. The molecule has 0 radical (unpaired) electrons. The minimum absolute atomic E-state index is 0.125. The molecular formula is C15H14FN3S. The molecule has 0 unspecified atom stereocenters. The third kappa shape index (κ3) is 3.61. The van der Waals surface area contributed by atoms with Crippen LogP contribution in [-0.4, -0.2) is 11.3 Å². The third-order valence-corrected chi connectivity index (χ3v) is 2.89. The highest BCUT2D eigenvalue weighted by Gasteiger charge is 2.02. The van der Waals surface area contributed by atoms with E-state index in [0.29, 0.717) is 0 Å². The summed E-state index contributed by atoms with van der Waals surface area (Å²) in [6.45, 7) is 1.89. The first-order valence-corrected chi connectivity index (χ1v) is 6.42. The molecule has 20 heavy (non-hydrogen) atoms. The van der Waals surface area contributed by atoms with Crippen LogP contribution < -0.4 is 11.2 Å². The van der Waals surface area contributed by atoms with Gasteiger partial charge in [-0.05, 0) is 53.5 Å². The Kier molecular flexibility index (Phi) is 4.42. The largest absolute Gasteiger partial charge is 0.375 e. The second-order valence-corrected chi connectivity index (χ2v) is 4.76. The smallest absolute Gasteiger partial charge is 0.184 e. The van der Waals surface area contributed by atoms with Crippen molar-refractivity contribution in [3.63, 3.8) is 0 Å². The predicted octanol–water partition coefficient (Wildman–Crippen LogP) is 2.97. The molecule has 0 aromatic heterocycles. The second kappa shape index (κ2) is 6.25. The van der Waals surface area contributed by atoms with Crippen molar-refractivity contribution in [3.8, 4) is 11.1 Å². The van der Waals surface area contributed by atoms with Crippen LogP contribution in [0, 0.1) is 12.7 Å². The van der Waals surface area contributed by atoms with Crippen LogP contribution in [0.5, 0.6) is 0 Å². The van der Waals surface area contributed by atoms with Crippen LogP contribution in [-0.2, 0) is 0 Å². The van der Waals surface area contributed by atoms with Gasteiger partial charge in [-0.1, -0.05) is 30.3 Å². The number of hydrogen-bond donors (Lipinski definition) is 2. The number of aryl methyl sites for hydroxylation is 1. The Balaban J connectivity index is 2.19. The maximum atomic E-state index is 13.1. The van der Waals surface area contributed by atoms with Crippen LogP contribution in [0.4, 0.5) is 4.39 Å². The van der Waals surface area contributed by atoms with Gasteiger partial charge in [-0.25, -0.2) is 4.39 Å². The number of hydrazone groups is 1. The zero-order valence-electron chi connectivity index (χ0n) is 10.9. The molecule has 0 heterocycles. The number of rotatable bonds is 3. The first-order chi connectivity index (χ1) is 9.56. The van der Waals surface area contributed by atoms with Gasteiger partial charge in [0, 0.05) is 0 Å². The minimum atomic E-state index is -0.223. The van der Waals surface area contributed by atoms with E-state index in [9.17, 15) is 4.39 Å². The lowest BCUT2D eigenvalue weighted by atomic mass is 9.99. The Morgan fingerprint density at radius 3 is 2.55 bits per heavy atom. The molecule has 0 amide bonds. The van der Waals surface area contributed by atoms with Crippen LogP contribution in [0.25, 0.3) is 11.1 Å². The molecule has 0 bridgehead atoms. The molecule has 0 aliphatic rings. The number of halogens is 1. The van der Waals surface area contributed by atoms with Gasteiger partial charge in [0.25, 0.3) is 0 Å². The van der Waals surface area contributed by atoms with E-state index in [2.05, 4.69) is 22.7 Å². The summed E-state index contributed by atoms with van der Waals surface area (Å²) in [6.07, 6.45) is 1.63. The number of thiocarbonyl (C=S) groups is 1. The number of nitrogens with one attached hydrogen (secondary N) is 1. The zero-order valence-corrected chi connectivity index (χ0v) is 11.7. The summed E-state index contributed by atoms with van der Waals surface area (Å²) >= 11 is 4.64. The normalized spacial score (nSPS) is 10.7. The Labute approximate surface area is 122 Å². The Bertz CT molecular complexity index is 651. The van der Waals surface area contributed by atoms with E-state index in [1.807, 2.05) is 31.2 Å². The molecule has 0 saturated carbocycles. The van der Waals surface area contributed by atoms with Gasteiger partial charge < -0.3 is 5.73 Å². The number of benzene rings is 2. The average molecular weight is 287 g/mol. The highest BCUT2D eigenvalue weighted by Crippen LogP contribution is 2.24. The molecule has 102 valence electrons. The number of nitrogens with two attached hydrogens (primary N) is 1. The first kappa shape index (κ1) is 14.1. The number of hydrogen-bond acceptors (Lipinski definition) is 2. The van der Waals surface area contributed by atoms with Crippen LogP contribution in [0.15, 0.2) is 47.6 Å². The van der Waals surface area contributed by atoms with E-state index in [-0.39, 0.29) is 10.9 Å². The van der Waals surface area contributed by atoms with Gasteiger partial charge in [0.15, 0.2) is 5.11 Å². The van der Waals surface area contributed by atoms with Crippen molar-refractivity contribution in [3.05, 3.63) is 59.4 Å². The van der Waals surface area contributed by atoms with Crippen molar-refractivity contribution < 1.29 is 4.39 Å². The second-order valence-electron chi connectivity index (χ2n) is 4.32. The maximum Gasteiger partial charge on any atom is 0.184 e. The van der Waals surface area contributed by atoms with E-state index in [4.69, 9.17) is 5.73 Å². The van der Waals surface area contributed by atoms with E-state index in [1.165, 1.54) is 12.1 Å². The van der Waals surface area contributed by atoms with Crippen molar-refractivity contribution >= 4 is 23.5 Å². The molecule has 2 aromatic rings. The predicted molar refractivity (Wildman–Crippen MR) is 84.1 cm³/mol. The standard InChI is InChI=1S/C15H14FN3S/c1-10-8-13(16)6-7-14(10)12-4-2-11(3-5-12)9-18-19-15(17)20/h2-9H,1H3,(H3,17,19,20). The molecule has 0 aliphatic heterocycles. The summed E-state index contributed by atoms with van der Waals surface area (Å²) in [6, 6.07) is 12.5. The van der Waals surface area contributed by atoms with Gasteiger partial charge >= 0.3 is 0 Å².